The third-order valence-electron chi connectivity index (χ3n) is 2.24. The van der Waals surface area contributed by atoms with Gasteiger partial charge in [-0.05, 0) is 43.3 Å². The fraction of sp³-hybridized carbons (Fsp3) is 0.273. The largest absolute Gasteiger partial charge is 0.436 e. The van der Waals surface area contributed by atoms with Gasteiger partial charge in [-0.3, -0.25) is 0 Å². The lowest BCUT2D eigenvalue weighted by Gasteiger charge is -1.99. The predicted octanol–water partition coefficient (Wildman–Crippen LogP) is 2.30. The molecule has 0 radical (unpaired) electrons. The van der Waals surface area contributed by atoms with Crippen LogP contribution in [0.1, 0.15) is 17.0 Å². The maximum absolute atomic E-state index is 5.56. The van der Waals surface area contributed by atoms with Crippen LogP contribution in [0.4, 0.5) is 0 Å². The first kappa shape index (κ1) is 11.2. The minimum atomic E-state index is 0.514. The fourth-order valence-corrected chi connectivity index (χ4v) is 2.06. The average Bonchev–Trinajstić information content (AvgIpc) is 2.58. The molecule has 84 valence electrons. The third kappa shape index (κ3) is 2.43. The van der Waals surface area contributed by atoms with E-state index in [4.69, 9.17) is 10.2 Å². The van der Waals surface area contributed by atoms with Gasteiger partial charge in [-0.25, -0.2) is 9.97 Å². The molecule has 4 nitrogen and oxygen atoms in total. The van der Waals surface area contributed by atoms with E-state index in [1.54, 1.807) is 6.20 Å². The Morgan fingerprint density at radius 1 is 1.44 bits per heavy atom. The highest BCUT2D eigenvalue weighted by Crippen LogP contribution is 2.27. The maximum Gasteiger partial charge on any atom is 0.262 e. The van der Waals surface area contributed by atoms with Crippen molar-refractivity contribution in [2.75, 3.05) is 0 Å². The van der Waals surface area contributed by atoms with E-state index in [1.807, 2.05) is 26.0 Å². The van der Waals surface area contributed by atoms with Crippen LogP contribution in [0.5, 0.6) is 0 Å². The lowest BCUT2D eigenvalue weighted by molar-refractivity contribution is 0.431. The number of hydrogen-bond donors (Lipinski definition) is 1. The van der Waals surface area contributed by atoms with Crippen molar-refractivity contribution in [2.45, 2.75) is 30.6 Å². The van der Waals surface area contributed by atoms with Crippen LogP contribution >= 0.6 is 11.8 Å². The van der Waals surface area contributed by atoms with Crippen LogP contribution in [0.25, 0.3) is 0 Å². The highest BCUT2D eigenvalue weighted by molar-refractivity contribution is 7.99. The molecule has 0 aliphatic heterocycles. The Kier molecular flexibility index (Phi) is 3.26. The number of pyridine rings is 1. The van der Waals surface area contributed by atoms with Crippen LogP contribution in [0.3, 0.4) is 0 Å². The lowest BCUT2D eigenvalue weighted by atomic mass is 10.3. The molecule has 0 unspecified atom stereocenters. The summed E-state index contributed by atoms with van der Waals surface area (Å²) in [5.74, 6) is 0.845. The van der Waals surface area contributed by atoms with Crippen LogP contribution in [0.15, 0.2) is 33.0 Å². The molecule has 0 bridgehead atoms. The maximum atomic E-state index is 5.56. The van der Waals surface area contributed by atoms with Crippen molar-refractivity contribution in [1.29, 1.82) is 0 Å². The molecule has 2 rings (SSSR count). The van der Waals surface area contributed by atoms with Crippen LogP contribution in [0.2, 0.25) is 0 Å². The van der Waals surface area contributed by atoms with E-state index in [2.05, 4.69) is 9.97 Å². The van der Waals surface area contributed by atoms with Gasteiger partial charge in [-0.1, -0.05) is 0 Å². The number of aromatic nitrogens is 2. The summed E-state index contributed by atoms with van der Waals surface area (Å²) in [5, 5.41) is 1.47. The highest BCUT2D eigenvalue weighted by Gasteiger charge is 2.08. The zero-order valence-corrected chi connectivity index (χ0v) is 10.0. The fourth-order valence-electron chi connectivity index (χ4n) is 1.21. The Balaban J connectivity index is 2.20. The van der Waals surface area contributed by atoms with Gasteiger partial charge in [0.2, 0.25) is 0 Å². The molecule has 0 fully saturated rings. The summed E-state index contributed by atoms with van der Waals surface area (Å²) in [6, 6.07) is 3.84. The molecule has 0 atom stereocenters. The van der Waals surface area contributed by atoms with Gasteiger partial charge in [-0.2, -0.15) is 0 Å². The van der Waals surface area contributed by atoms with Gasteiger partial charge in [0.15, 0.2) is 0 Å². The number of nitrogens with two attached hydrogens (primary N) is 1. The van der Waals surface area contributed by atoms with E-state index in [0.29, 0.717) is 11.8 Å². The molecule has 0 aliphatic rings. The highest BCUT2D eigenvalue weighted by atomic mass is 32.2. The summed E-state index contributed by atoms with van der Waals surface area (Å²) in [4.78, 5) is 8.52. The molecular formula is C11H13N3OS. The summed E-state index contributed by atoms with van der Waals surface area (Å²) in [6.45, 7) is 4.34. The summed E-state index contributed by atoms with van der Waals surface area (Å²) in [7, 11) is 0. The summed E-state index contributed by atoms with van der Waals surface area (Å²) in [5.41, 5.74) is 7.53. The molecular weight excluding hydrogens is 222 g/mol. The SMILES string of the molecule is Cc1nc(Sc2cc(CN)ccn2)oc1C. The molecule has 0 spiro atoms. The quantitative estimate of drug-likeness (QED) is 0.884. The van der Waals surface area contributed by atoms with Gasteiger partial charge in [0.1, 0.15) is 10.8 Å². The van der Waals surface area contributed by atoms with E-state index in [9.17, 15) is 0 Å². The Labute approximate surface area is 98.3 Å². The number of oxazole rings is 1. The van der Waals surface area contributed by atoms with Gasteiger partial charge in [0, 0.05) is 12.7 Å². The Hall–Kier alpha value is -1.33. The van der Waals surface area contributed by atoms with Gasteiger partial charge in [-0.15, -0.1) is 0 Å². The van der Waals surface area contributed by atoms with E-state index in [0.717, 1.165) is 22.0 Å². The van der Waals surface area contributed by atoms with Gasteiger partial charge in [0.05, 0.1) is 5.69 Å². The van der Waals surface area contributed by atoms with Crippen molar-refractivity contribution in [3.05, 3.63) is 35.3 Å². The average molecular weight is 235 g/mol. The van der Waals surface area contributed by atoms with Gasteiger partial charge >= 0.3 is 0 Å². The van der Waals surface area contributed by atoms with Crippen molar-refractivity contribution < 1.29 is 4.42 Å². The standard InChI is InChI=1S/C11H13N3OS/c1-7-8(2)15-11(14-7)16-10-5-9(6-12)3-4-13-10/h3-5H,6,12H2,1-2H3. The van der Waals surface area contributed by atoms with E-state index in [-0.39, 0.29) is 0 Å². The summed E-state index contributed by atoms with van der Waals surface area (Å²) >= 11 is 1.41. The molecule has 0 saturated carbocycles. The minimum Gasteiger partial charge on any atom is -0.436 e. The van der Waals surface area contributed by atoms with Crippen molar-refractivity contribution in [2.24, 2.45) is 5.73 Å². The Morgan fingerprint density at radius 3 is 2.88 bits per heavy atom. The molecule has 2 N–H and O–H groups in total. The summed E-state index contributed by atoms with van der Waals surface area (Å²) in [6.07, 6.45) is 1.74. The molecule has 2 heterocycles. The molecule has 5 heteroatoms. The molecule has 0 saturated heterocycles. The second-order valence-corrected chi connectivity index (χ2v) is 4.40. The first-order valence-electron chi connectivity index (χ1n) is 4.96. The molecule has 0 amide bonds. The smallest absolute Gasteiger partial charge is 0.262 e. The van der Waals surface area contributed by atoms with Crippen molar-refractivity contribution in [1.82, 2.24) is 9.97 Å². The Morgan fingerprint density at radius 2 is 2.25 bits per heavy atom. The lowest BCUT2D eigenvalue weighted by Crippen LogP contribution is -1.96. The number of aryl methyl sites for hydroxylation is 2. The van der Waals surface area contributed by atoms with E-state index < -0.39 is 0 Å². The van der Waals surface area contributed by atoms with Crippen molar-refractivity contribution in [3.63, 3.8) is 0 Å². The zero-order valence-electron chi connectivity index (χ0n) is 9.23. The first-order valence-corrected chi connectivity index (χ1v) is 5.77. The molecule has 0 aliphatic carbocycles. The predicted molar refractivity (Wildman–Crippen MR) is 62.2 cm³/mol. The van der Waals surface area contributed by atoms with Gasteiger partial charge < -0.3 is 10.2 Å². The monoisotopic (exact) mass is 235 g/mol. The molecule has 2 aromatic heterocycles. The normalized spacial score (nSPS) is 10.7. The number of nitrogens with zero attached hydrogens (tertiary/aromatic N) is 2. The molecule has 0 aromatic carbocycles. The molecule has 16 heavy (non-hydrogen) atoms. The van der Waals surface area contributed by atoms with Crippen LogP contribution in [0, 0.1) is 13.8 Å². The van der Waals surface area contributed by atoms with Crippen LogP contribution in [-0.4, -0.2) is 9.97 Å². The number of hydrogen-bond acceptors (Lipinski definition) is 5. The van der Waals surface area contributed by atoms with Crippen LogP contribution < -0.4 is 5.73 Å². The van der Waals surface area contributed by atoms with Crippen molar-refractivity contribution in [3.8, 4) is 0 Å². The van der Waals surface area contributed by atoms with E-state index in [1.165, 1.54) is 11.8 Å². The third-order valence-corrected chi connectivity index (χ3v) is 3.02. The van der Waals surface area contributed by atoms with E-state index >= 15 is 0 Å². The minimum absolute atomic E-state index is 0.514. The zero-order chi connectivity index (χ0) is 11.5. The van der Waals surface area contributed by atoms with Crippen LogP contribution in [-0.2, 0) is 6.54 Å². The topological polar surface area (TPSA) is 64.9 Å². The van der Waals surface area contributed by atoms with Gasteiger partial charge in [0.25, 0.3) is 5.22 Å². The number of rotatable bonds is 3. The first-order chi connectivity index (χ1) is 7.69. The Bertz CT molecular complexity index is 476. The second kappa shape index (κ2) is 4.67. The second-order valence-electron chi connectivity index (χ2n) is 3.43. The van der Waals surface area contributed by atoms with Crippen molar-refractivity contribution >= 4 is 11.8 Å². The summed E-state index contributed by atoms with van der Waals surface area (Å²) < 4.78 is 5.47. The molecule has 2 aromatic rings.